The lowest BCUT2D eigenvalue weighted by Gasteiger charge is -2.14. The van der Waals surface area contributed by atoms with Crippen molar-refractivity contribution in [2.45, 2.75) is 25.8 Å². The van der Waals surface area contributed by atoms with E-state index in [4.69, 9.17) is 0 Å². The molecule has 0 radical (unpaired) electrons. The molecule has 2 aromatic carbocycles. The highest BCUT2D eigenvalue weighted by Gasteiger charge is 2.22. The van der Waals surface area contributed by atoms with Crippen LogP contribution in [0.3, 0.4) is 0 Å². The fraction of sp³-hybridized carbons (Fsp3) is 0.190. The summed E-state index contributed by atoms with van der Waals surface area (Å²) in [5.41, 5.74) is 3.43. The summed E-state index contributed by atoms with van der Waals surface area (Å²) in [4.78, 5) is 28.3. The molecule has 1 aromatic heterocycles. The lowest BCUT2D eigenvalue weighted by molar-refractivity contribution is -0.142. The van der Waals surface area contributed by atoms with Crippen LogP contribution in [0.25, 0.3) is 10.6 Å². The Morgan fingerprint density at radius 3 is 2.44 bits per heavy atom. The highest BCUT2D eigenvalue weighted by molar-refractivity contribution is 7.13. The van der Waals surface area contributed by atoms with Crippen molar-refractivity contribution in [1.82, 2.24) is 10.3 Å². The second-order valence-electron chi connectivity index (χ2n) is 6.12. The Balaban J connectivity index is 1.67. The second-order valence-corrected chi connectivity index (χ2v) is 6.98. The number of rotatable bonds is 7. The Kier molecular flexibility index (Phi) is 5.98. The quantitative estimate of drug-likeness (QED) is 0.652. The first kappa shape index (κ1) is 18.8. The molecule has 1 amide bonds. The number of nitrogens with zero attached hydrogens (tertiary/aromatic N) is 1. The smallest absolute Gasteiger partial charge is 0.330 e. The van der Waals surface area contributed by atoms with E-state index in [0.717, 1.165) is 17.0 Å². The summed E-state index contributed by atoms with van der Waals surface area (Å²) < 4.78 is 0. The maximum absolute atomic E-state index is 12.3. The predicted octanol–water partition coefficient (Wildman–Crippen LogP) is 3.86. The van der Waals surface area contributed by atoms with Gasteiger partial charge in [0.15, 0.2) is 6.04 Å². The Morgan fingerprint density at radius 2 is 1.81 bits per heavy atom. The maximum Gasteiger partial charge on any atom is 0.330 e. The van der Waals surface area contributed by atoms with Gasteiger partial charge in [0.25, 0.3) is 0 Å². The molecule has 1 atom stereocenters. The van der Waals surface area contributed by atoms with E-state index in [9.17, 15) is 14.7 Å². The summed E-state index contributed by atoms with van der Waals surface area (Å²) in [5, 5.41) is 14.7. The molecule has 1 heterocycles. The van der Waals surface area contributed by atoms with Crippen LogP contribution in [-0.4, -0.2) is 22.0 Å². The van der Waals surface area contributed by atoms with Crippen LogP contribution in [0.1, 0.15) is 29.8 Å². The van der Waals surface area contributed by atoms with Crippen molar-refractivity contribution in [3.05, 3.63) is 76.8 Å². The van der Waals surface area contributed by atoms with Crippen molar-refractivity contribution >= 4 is 23.2 Å². The number of aliphatic carboxylic acids is 1. The molecule has 0 aliphatic rings. The van der Waals surface area contributed by atoms with Gasteiger partial charge in [-0.3, -0.25) is 4.79 Å². The standard InChI is InChI=1S/C21H20N2O3S/c1-2-14-8-10-16(11-9-14)20-22-17(13-27-20)12-18(24)23-19(21(25)26)15-6-4-3-5-7-15/h3-11,13,19H,2,12H2,1H3,(H,23,24)(H,25,26). The van der Waals surface area contributed by atoms with E-state index in [1.807, 2.05) is 17.5 Å². The molecule has 27 heavy (non-hydrogen) atoms. The van der Waals surface area contributed by atoms with Gasteiger partial charge in [0, 0.05) is 10.9 Å². The van der Waals surface area contributed by atoms with Crippen LogP contribution in [-0.2, 0) is 22.4 Å². The minimum absolute atomic E-state index is 0.0418. The topological polar surface area (TPSA) is 79.3 Å². The molecule has 2 N–H and O–H groups in total. The number of hydrogen-bond donors (Lipinski definition) is 2. The van der Waals surface area contributed by atoms with E-state index < -0.39 is 12.0 Å². The first-order valence-corrected chi connectivity index (χ1v) is 9.55. The third kappa shape index (κ3) is 4.80. The van der Waals surface area contributed by atoms with E-state index in [-0.39, 0.29) is 12.3 Å². The molecular weight excluding hydrogens is 360 g/mol. The SMILES string of the molecule is CCc1ccc(-c2nc(CC(=O)NC(C(=O)O)c3ccccc3)cs2)cc1. The minimum atomic E-state index is -1.09. The van der Waals surface area contributed by atoms with Gasteiger partial charge < -0.3 is 10.4 Å². The van der Waals surface area contributed by atoms with E-state index >= 15 is 0 Å². The fourth-order valence-corrected chi connectivity index (χ4v) is 3.54. The molecule has 5 nitrogen and oxygen atoms in total. The van der Waals surface area contributed by atoms with Crippen LogP contribution in [0, 0.1) is 0 Å². The average Bonchev–Trinajstić information content (AvgIpc) is 3.15. The number of nitrogens with one attached hydrogen (secondary N) is 1. The zero-order chi connectivity index (χ0) is 19.2. The number of amides is 1. The number of carboxylic acids is 1. The van der Waals surface area contributed by atoms with Crippen molar-refractivity contribution in [1.29, 1.82) is 0 Å². The van der Waals surface area contributed by atoms with Gasteiger partial charge in [-0.2, -0.15) is 0 Å². The van der Waals surface area contributed by atoms with Crippen LogP contribution in [0.15, 0.2) is 60.0 Å². The summed E-state index contributed by atoms with van der Waals surface area (Å²) >= 11 is 1.47. The lowest BCUT2D eigenvalue weighted by Crippen LogP contribution is -2.34. The number of benzene rings is 2. The van der Waals surface area contributed by atoms with Crippen LogP contribution in [0.4, 0.5) is 0 Å². The maximum atomic E-state index is 12.3. The van der Waals surface area contributed by atoms with E-state index in [2.05, 4.69) is 29.4 Å². The summed E-state index contributed by atoms with van der Waals surface area (Å²) in [6, 6.07) is 15.8. The first-order chi connectivity index (χ1) is 13.1. The highest BCUT2D eigenvalue weighted by Crippen LogP contribution is 2.24. The van der Waals surface area contributed by atoms with Crippen molar-refractivity contribution in [2.75, 3.05) is 0 Å². The Labute approximate surface area is 161 Å². The molecule has 0 aliphatic heterocycles. The van der Waals surface area contributed by atoms with Gasteiger partial charge in [0.1, 0.15) is 5.01 Å². The highest BCUT2D eigenvalue weighted by atomic mass is 32.1. The largest absolute Gasteiger partial charge is 0.479 e. The van der Waals surface area contributed by atoms with Gasteiger partial charge in [-0.15, -0.1) is 11.3 Å². The molecule has 0 aliphatic carbocycles. The summed E-state index contributed by atoms with van der Waals surface area (Å²) in [7, 11) is 0. The van der Waals surface area contributed by atoms with Gasteiger partial charge in [-0.05, 0) is 17.5 Å². The summed E-state index contributed by atoms with van der Waals surface area (Å²) in [5.74, 6) is -1.46. The van der Waals surface area contributed by atoms with Crippen LogP contribution in [0.5, 0.6) is 0 Å². The average molecular weight is 380 g/mol. The van der Waals surface area contributed by atoms with Crippen molar-refractivity contribution in [3.63, 3.8) is 0 Å². The number of carbonyl (C=O) groups excluding carboxylic acids is 1. The van der Waals surface area contributed by atoms with Crippen molar-refractivity contribution in [2.24, 2.45) is 0 Å². The van der Waals surface area contributed by atoms with Crippen LogP contribution < -0.4 is 5.32 Å². The lowest BCUT2D eigenvalue weighted by atomic mass is 10.1. The van der Waals surface area contributed by atoms with Gasteiger partial charge >= 0.3 is 5.97 Å². The number of hydrogen-bond acceptors (Lipinski definition) is 4. The molecule has 138 valence electrons. The monoisotopic (exact) mass is 380 g/mol. The van der Waals surface area contributed by atoms with E-state index in [1.54, 1.807) is 30.3 Å². The molecule has 3 rings (SSSR count). The number of carboxylic acid groups (broad SMARTS) is 1. The van der Waals surface area contributed by atoms with E-state index in [1.165, 1.54) is 16.9 Å². The van der Waals surface area contributed by atoms with Crippen LogP contribution >= 0.6 is 11.3 Å². The fourth-order valence-electron chi connectivity index (χ4n) is 2.71. The summed E-state index contributed by atoms with van der Waals surface area (Å²) in [6.45, 7) is 2.11. The Bertz CT molecular complexity index is 920. The van der Waals surface area contributed by atoms with Crippen LogP contribution in [0.2, 0.25) is 0 Å². The van der Waals surface area contributed by atoms with Gasteiger partial charge in [0.2, 0.25) is 5.91 Å². The van der Waals surface area contributed by atoms with Crippen molar-refractivity contribution in [3.8, 4) is 10.6 Å². The Hall–Kier alpha value is -2.99. The molecular formula is C21H20N2O3S. The molecule has 0 spiro atoms. The van der Waals surface area contributed by atoms with E-state index in [0.29, 0.717) is 11.3 Å². The normalized spacial score (nSPS) is 11.7. The minimum Gasteiger partial charge on any atom is -0.479 e. The van der Waals surface area contributed by atoms with Crippen molar-refractivity contribution < 1.29 is 14.7 Å². The molecule has 0 bridgehead atoms. The third-order valence-corrected chi connectivity index (χ3v) is 5.13. The number of aryl methyl sites for hydroxylation is 1. The Morgan fingerprint density at radius 1 is 1.11 bits per heavy atom. The second kappa shape index (κ2) is 8.60. The molecule has 6 heteroatoms. The van der Waals surface area contributed by atoms with Gasteiger partial charge in [0.05, 0.1) is 12.1 Å². The predicted molar refractivity (Wildman–Crippen MR) is 106 cm³/mol. The van der Waals surface area contributed by atoms with Gasteiger partial charge in [-0.25, -0.2) is 9.78 Å². The molecule has 0 fully saturated rings. The van der Waals surface area contributed by atoms with Gasteiger partial charge in [-0.1, -0.05) is 61.5 Å². The number of thiazole rings is 1. The zero-order valence-electron chi connectivity index (χ0n) is 14.9. The number of carbonyl (C=O) groups is 2. The summed E-state index contributed by atoms with van der Waals surface area (Å²) in [6.07, 6.45) is 1.02. The zero-order valence-corrected chi connectivity index (χ0v) is 15.7. The molecule has 0 saturated heterocycles. The molecule has 3 aromatic rings. The molecule has 1 unspecified atom stereocenters. The number of aromatic nitrogens is 1. The molecule has 0 saturated carbocycles. The third-order valence-electron chi connectivity index (χ3n) is 4.19. The first-order valence-electron chi connectivity index (χ1n) is 8.67.